The maximum absolute atomic E-state index is 12.9. The number of carbonyl (C=O) groups excluding carboxylic acids is 1. The van der Waals surface area contributed by atoms with Crippen LogP contribution in [-0.4, -0.2) is 15.6 Å². The van der Waals surface area contributed by atoms with E-state index in [0.717, 1.165) is 28.0 Å². The Morgan fingerprint density at radius 2 is 1.72 bits per heavy atom. The summed E-state index contributed by atoms with van der Waals surface area (Å²) in [5.74, 6) is 0.760. The number of fused-ring (bicyclic) bond motifs is 1. The van der Waals surface area contributed by atoms with E-state index < -0.39 is 6.04 Å². The second kappa shape index (κ2) is 7.97. The molecule has 1 atom stereocenters. The lowest BCUT2D eigenvalue weighted by Crippen LogP contribution is -2.34. The van der Waals surface area contributed by atoms with Crippen LogP contribution in [-0.2, 0) is 7.05 Å². The number of hydrogen-bond donors (Lipinski definition) is 2. The number of anilines is 1. The van der Waals surface area contributed by atoms with Crippen LogP contribution in [0.15, 0.2) is 72.8 Å². The van der Waals surface area contributed by atoms with Gasteiger partial charge in [-0.1, -0.05) is 60.1 Å². The lowest BCUT2D eigenvalue weighted by Gasteiger charge is -2.20. The fourth-order valence-corrected chi connectivity index (χ4v) is 3.57. The van der Waals surface area contributed by atoms with E-state index >= 15 is 0 Å². The molecule has 2 N–H and O–H groups in total. The van der Waals surface area contributed by atoms with Crippen molar-refractivity contribution in [2.45, 2.75) is 13.0 Å². The molecule has 29 heavy (non-hydrogen) atoms. The van der Waals surface area contributed by atoms with Gasteiger partial charge in [0.1, 0.15) is 11.9 Å². The Hall–Kier alpha value is -3.31. The molecule has 0 unspecified atom stereocenters. The number of imidazole rings is 1. The summed E-state index contributed by atoms with van der Waals surface area (Å²) in [4.78, 5) is 17.6. The SMILES string of the molecule is Cc1c(Cl)cccc1NC(=O)N[C@@H](c1ccccc1)c1nc2ccccc2n1C. The van der Waals surface area contributed by atoms with Gasteiger partial charge in [0, 0.05) is 17.8 Å². The van der Waals surface area contributed by atoms with Crippen molar-refractivity contribution in [1.82, 2.24) is 14.9 Å². The molecule has 1 heterocycles. The summed E-state index contributed by atoms with van der Waals surface area (Å²) in [5.41, 5.74) is 4.34. The van der Waals surface area contributed by atoms with Crippen molar-refractivity contribution in [3.8, 4) is 0 Å². The Labute approximate surface area is 174 Å². The molecule has 4 aromatic rings. The predicted molar refractivity (Wildman–Crippen MR) is 117 cm³/mol. The number of aromatic nitrogens is 2. The highest BCUT2D eigenvalue weighted by Crippen LogP contribution is 2.26. The molecule has 0 aliphatic heterocycles. The van der Waals surface area contributed by atoms with E-state index in [-0.39, 0.29) is 6.03 Å². The maximum Gasteiger partial charge on any atom is 0.320 e. The van der Waals surface area contributed by atoms with Gasteiger partial charge in [0.2, 0.25) is 0 Å². The zero-order chi connectivity index (χ0) is 20.4. The summed E-state index contributed by atoms with van der Waals surface area (Å²) in [7, 11) is 1.96. The number of nitrogens with one attached hydrogen (secondary N) is 2. The summed E-state index contributed by atoms with van der Waals surface area (Å²) < 4.78 is 2.01. The molecule has 5 nitrogen and oxygen atoms in total. The number of rotatable bonds is 4. The Kier molecular flexibility index (Phi) is 5.23. The van der Waals surface area contributed by atoms with E-state index in [1.165, 1.54) is 0 Å². The van der Waals surface area contributed by atoms with Crippen LogP contribution in [0.1, 0.15) is 23.0 Å². The van der Waals surface area contributed by atoms with Gasteiger partial charge in [-0.15, -0.1) is 0 Å². The highest BCUT2D eigenvalue weighted by atomic mass is 35.5. The predicted octanol–water partition coefficient (Wildman–Crippen LogP) is 5.45. The summed E-state index contributed by atoms with van der Waals surface area (Å²) >= 11 is 6.18. The second-order valence-electron chi connectivity index (χ2n) is 6.87. The van der Waals surface area contributed by atoms with Crippen LogP contribution in [0.5, 0.6) is 0 Å². The van der Waals surface area contributed by atoms with Gasteiger partial charge in [0.15, 0.2) is 0 Å². The van der Waals surface area contributed by atoms with E-state index in [2.05, 4.69) is 10.6 Å². The Bertz CT molecular complexity index is 1170. The van der Waals surface area contributed by atoms with E-state index in [4.69, 9.17) is 16.6 Å². The highest BCUT2D eigenvalue weighted by molar-refractivity contribution is 6.31. The van der Waals surface area contributed by atoms with Gasteiger partial charge < -0.3 is 15.2 Å². The average molecular weight is 405 g/mol. The van der Waals surface area contributed by atoms with Crippen LogP contribution in [0, 0.1) is 6.92 Å². The van der Waals surface area contributed by atoms with Crippen molar-refractivity contribution >= 4 is 34.4 Å². The molecule has 0 saturated carbocycles. The first-order valence-electron chi connectivity index (χ1n) is 9.33. The number of nitrogens with zero attached hydrogens (tertiary/aromatic N) is 2. The smallest absolute Gasteiger partial charge is 0.320 e. The molecule has 0 spiro atoms. The Morgan fingerprint density at radius 3 is 2.48 bits per heavy atom. The number of para-hydroxylation sites is 2. The molecule has 6 heteroatoms. The summed E-state index contributed by atoms with van der Waals surface area (Å²) in [6.45, 7) is 1.87. The minimum atomic E-state index is -0.409. The minimum Gasteiger partial charge on any atom is -0.329 e. The molecule has 146 valence electrons. The molecule has 2 amide bonds. The van der Waals surface area contributed by atoms with Crippen molar-refractivity contribution in [2.75, 3.05) is 5.32 Å². The number of aryl methyl sites for hydroxylation is 1. The molecule has 3 aromatic carbocycles. The molecule has 1 aromatic heterocycles. The van der Waals surface area contributed by atoms with Crippen molar-refractivity contribution < 1.29 is 4.79 Å². The third kappa shape index (κ3) is 3.82. The molecule has 0 fully saturated rings. The van der Waals surface area contributed by atoms with Crippen LogP contribution in [0.2, 0.25) is 5.02 Å². The topological polar surface area (TPSA) is 59.0 Å². The normalized spacial score (nSPS) is 12.0. The molecular formula is C23H21ClN4O. The van der Waals surface area contributed by atoms with Crippen molar-refractivity contribution in [2.24, 2.45) is 7.05 Å². The lowest BCUT2D eigenvalue weighted by atomic mass is 10.1. The minimum absolute atomic E-state index is 0.323. The number of hydrogen-bond acceptors (Lipinski definition) is 2. The fourth-order valence-electron chi connectivity index (χ4n) is 3.40. The molecule has 0 saturated heterocycles. The lowest BCUT2D eigenvalue weighted by molar-refractivity contribution is 0.249. The number of benzene rings is 3. The third-order valence-electron chi connectivity index (χ3n) is 5.00. The first kappa shape index (κ1) is 19.0. The van der Waals surface area contributed by atoms with Crippen LogP contribution < -0.4 is 10.6 Å². The Balaban J connectivity index is 1.69. The molecule has 0 aliphatic rings. The largest absolute Gasteiger partial charge is 0.329 e. The fraction of sp³-hybridized carbons (Fsp3) is 0.130. The standard InChI is InChI=1S/C23H21ClN4O/c1-15-17(24)11-8-13-18(15)26-23(29)27-21(16-9-4-3-5-10-16)22-25-19-12-6-7-14-20(19)28(22)2/h3-14,21H,1-2H3,(H2,26,27,29)/t21-/m0/s1. The molecule has 4 rings (SSSR count). The van der Waals surface area contributed by atoms with Gasteiger partial charge in [-0.05, 0) is 42.3 Å². The van der Waals surface area contributed by atoms with Gasteiger partial charge in [-0.25, -0.2) is 9.78 Å². The van der Waals surface area contributed by atoms with Gasteiger partial charge in [0.05, 0.1) is 11.0 Å². The van der Waals surface area contributed by atoms with E-state index in [9.17, 15) is 4.79 Å². The van der Waals surface area contributed by atoms with E-state index in [0.29, 0.717) is 10.7 Å². The Morgan fingerprint density at radius 1 is 1.00 bits per heavy atom. The number of amides is 2. The third-order valence-corrected chi connectivity index (χ3v) is 5.41. The summed E-state index contributed by atoms with van der Waals surface area (Å²) in [6, 6.07) is 22.4. The van der Waals surface area contributed by atoms with Gasteiger partial charge in [-0.2, -0.15) is 0 Å². The molecule has 0 bridgehead atoms. The van der Waals surface area contributed by atoms with Crippen LogP contribution in [0.25, 0.3) is 11.0 Å². The number of halogens is 1. The molecule has 0 aliphatic carbocycles. The van der Waals surface area contributed by atoms with Crippen LogP contribution in [0.3, 0.4) is 0 Å². The molecule has 0 radical (unpaired) electrons. The highest BCUT2D eigenvalue weighted by Gasteiger charge is 2.23. The quantitative estimate of drug-likeness (QED) is 0.475. The first-order chi connectivity index (χ1) is 14.0. The molecular weight excluding hydrogens is 384 g/mol. The van der Waals surface area contributed by atoms with Gasteiger partial charge in [-0.3, -0.25) is 0 Å². The van der Waals surface area contributed by atoms with Crippen LogP contribution >= 0.6 is 11.6 Å². The zero-order valence-electron chi connectivity index (χ0n) is 16.2. The van der Waals surface area contributed by atoms with Gasteiger partial charge >= 0.3 is 6.03 Å². The first-order valence-corrected chi connectivity index (χ1v) is 9.71. The monoisotopic (exact) mass is 404 g/mol. The van der Waals surface area contributed by atoms with Crippen molar-refractivity contribution in [3.05, 3.63) is 94.8 Å². The van der Waals surface area contributed by atoms with E-state index in [1.54, 1.807) is 6.07 Å². The maximum atomic E-state index is 12.9. The number of carbonyl (C=O) groups is 1. The van der Waals surface area contributed by atoms with E-state index in [1.807, 2.05) is 85.3 Å². The van der Waals surface area contributed by atoms with Crippen LogP contribution in [0.4, 0.5) is 10.5 Å². The number of urea groups is 1. The summed E-state index contributed by atoms with van der Waals surface area (Å²) in [5, 5.41) is 6.58. The average Bonchev–Trinajstić information content (AvgIpc) is 3.07. The van der Waals surface area contributed by atoms with Crippen molar-refractivity contribution in [1.29, 1.82) is 0 Å². The van der Waals surface area contributed by atoms with Crippen molar-refractivity contribution in [3.63, 3.8) is 0 Å². The summed E-state index contributed by atoms with van der Waals surface area (Å²) in [6.07, 6.45) is 0. The zero-order valence-corrected chi connectivity index (χ0v) is 16.9. The van der Waals surface area contributed by atoms with Gasteiger partial charge in [0.25, 0.3) is 0 Å². The second-order valence-corrected chi connectivity index (χ2v) is 7.28.